The van der Waals surface area contributed by atoms with Crippen LogP contribution < -0.4 is 55.0 Å². The zero-order valence-corrected chi connectivity index (χ0v) is 49.6. The molecule has 5 aromatic carbocycles. The Morgan fingerprint density at radius 3 is 1.70 bits per heavy atom. The van der Waals surface area contributed by atoms with E-state index in [-0.39, 0.29) is 18.0 Å². The minimum absolute atomic E-state index is 0.290. The van der Waals surface area contributed by atoms with Crippen LogP contribution >= 0.6 is 0 Å². The minimum Gasteiger partial charge on any atom is -0.496 e. The lowest BCUT2D eigenvalue weighted by atomic mass is 9.88. The summed E-state index contributed by atoms with van der Waals surface area (Å²) >= 11 is 0. The number of carbonyl (C=O) groups excluding carboxylic acids is 7. The molecule has 0 aliphatic rings. The average molecular weight is 1130 g/mol. The van der Waals surface area contributed by atoms with Crippen molar-refractivity contribution in [1.82, 2.24) is 36.4 Å². The lowest BCUT2D eigenvalue weighted by Crippen LogP contribution is -2.56. The van der Waals surface area contributed by atoms with Crippen LogP contribution in [-0.2, 0) is 38.3 Å². The first-order valence-corrected chi connectivity index (χ1v) is 26.4. The van der Waals surface area contributed by atoms with Gasteiger partial charge in [-0.05, 0) is 134 Å². The van der Waals surface area contributed by atoms with Crippen LogP contribution in [0.25, 0.3) is 11.1 Å². The summed E-state index contributed by atoms with van der Waals surface area (Å²) in [5.41, 5.74) is 4.59. The van der Waals surface area contributed by atoms with Crippen LogP contribution in [0.4, 0.5) is 0 Å². The third-order valence-electron chi connectivity index (χ3n) is 13.8. The molecule has 0 aliphatic heterocycles. The van der Waals surface area contributed by atoms with Crippen LogP contribution in [0.2, 0.25) is 0 Å². The van der Waals surface area contributed by atoms with Gasteiger partial charge in [0.2, 0.25) is 41.2 Å². The summed E-state index contributed by atoms with van der Waals surface area (Å²) in [5.74, 6) is -1.25. The minimum atomic E-state index is -1.60. The molecule has 21 heteroatoms. The Morgan fingerprint density at radius 1 is 0.549 bits per heavy atom. The van der Waals surface area contributed by atoms with Crippen molar-refractivity contribution in [2.45, 2.75) is 91.7 Å². The van der Waals surface area contributed by atoms with Crippen LogP contribution in [-0.4, -0.2) is 145 Å². The van der Waals surface area contributed by atoms with Gasteiger partial charge in [0.15, 0.2) is 17.3 Å². The number of likely N-dealkylation sites (N-methyl/N-ethyl adjacent to an activating group) is 2. The predicted octanol–water partition coefficient (Wildman–Crippen LogP) is 6.36. The molecule has 5 N–H and O–H groups in total. The summed E-state index contributed by atoms with van der Waals surface area (Å²) in [6.07, 6.45) is -1.25. The maximum absolute atomic E-state index is 15.2. The van der Waals surface area contributed by atoms with E-state index in [1.807, 2.05) is 56.3 Å². The number of hydrogen-bond acceptors (Lipinski definition) is 15. The first-order valence-electron chi connectivity index (χ1n) is 26.4. The van der Waals surface area contributed by atoms with E-state index in [0.717, 1.165) is 11.1 Å². The van der Waals surface area contributed by atoms with Crippen LogP contribution in [0.1, 0.15) is 73.2 Å². The first-order chi connectivity index (χ1) is 38.9. The van der Waals surface area contributed by atoms with Gasteiger partial charge in [-0.25, -0.2) is 0 Å². The van der Waals surface area contributed by atoms with Gasteiger partial charge in [0.05, 0.1) is 47.6 Å². The maximum Gasteiger partial charge on any atom is 0.246 e. The van der Waals surface area contributed by atoms with Crippen LogP contribution in [0.3, 0.4) is 0 Å². The summed E-state index contributed by atoms with van der Waals surface area (Å²) < 4.78 is 42.2. The van der Waals surface area contributed by atoms with Crippen LogP contribution in [0.5, 0.6) is 46.0 Å². The van der Waals surface area contributed by atoms with Crippen LogP contribution in [0, 0.1) is 27.7 Å². The molecule has 0 saturated heterocycles. The van der Waals surface area contributed by atoms with Crippen molar-refractivity contribution in [2.75, 3.05) is 69.8 Å². The topological polar surface area (TPSA) is 251 Å². The van der Waals surface area contributed by atoms with E-state index in [0.29, 0.717) is 73.8 Å². The van der Waals surface area contributed by atoms with E-state index >= 15 is 4.79 Å². The summed E-state index contributed by atoms with van der Waals surface area (Å²) in [6.45, 7) is 12.3. The molecule has 0 bridgehead atoms. The lowest BCUT2D eigenvalue weighted by molar-refractivity contribution is -0.138. The number of benzene rings is 5. The second-order valence-corrected chi connectivity index (χ2v) is 20.0. The number of Topliss-reactive ketones (excluding diaryl/α,β-unsaturated/α-hetero) is 1. The van der Waals surface area contributed by atoms with E-state index < -0.39 is 78.2 Å². The Morgan fingerprint density at radius 2 is 1.12 bits per heavy atom. The highest BCUT2D eigenvalue weighted by molar-refractivity contribution is 5.98. The fraction of sp³-hybridized carbons (Fsp3) is 0.393. The molecule has 0 radical (unpaired) electrons. The fourth-order valence-electron chi connectivity index (χ4n) is 9.09. The van der Waals surface area contributed by atoms with Gasteiger partial charge in [-0.15, -0.1) is 0 Å². The number of aryl methyl sites for hydroxylation is 3. The van der Waals surface area contributed by atoms with Crippen LogP contribution in [0.15, 0.2) is 84.9 Å². The van der Waals surface area contributed by atoms with Gasteiger partial charge in [0.1, 0.15) is 59.0 Å². The van der Waals surface area contributed by atoms with Gasteiger partial charge < -0.3 is 64.6 Å². The van der Waals surface area contributed by atoms with Gasteiger partial charge in [0.25, 0.3) is 0 Å². The van der Waals surface area contributed by atoms with Gasteiger partial charge in [-0.3, -0.25) is 38.5 Å². The Labute approximate surface area is 479 Å². The highest BCUT2D eigenvalue weighted by Gasteiger charge is 2.37. The van der Waals surface area contributed by atoms with Gasteiger partial charge in [-0.2, -0.15) is 0 Å². The first kappa shape index (κ1) is 64.1. The number of ether oxygens (including phenoxy) is 7. The smallest absolute Gasteiger partial charge is 0.246 e. The normalized spacial score (nSPS) is 13.2. The summed E-state index contributed by atoms with van der Waals surface area (Å²) in [7, 11) is 12.3. The number of nitrogens with zero attached hydrogens (tertiary/aromatic N) is 2. The molecule has 82 heavy (non-hydrogen) atoms. The standard InChI is InChI=1S/C61H77N7O14/c1-33-21-17-18-24-44(33)81-46-25-20-26-47(57(46)80-16)82-45-28-27-41(29-35(45)3)56(79-15)53(66-59(73)38(6)63-49(70)31-62-58(72)37(5)64-50(71)32-68(11)61(75)39(7)67(9)10)60(74)65-52(40(8)69)43-30-48(76-12)36(4)55(78-14)51(43)42-23-19-22-34(2)54(42)77-13/h17-30,37-39,52-53,56H,31-32H2,1-16H3,(H,62,72)(H,63,70)(H,64,71)(H,65,74)(H,66,73). The maximum atomic E-state index is 15.2. The fourth-order valence-corrected chi connectivity index (χ4v) is 9.09. The van der Waals surface area contributed by atoms with E-state index in [2.05, 4.69) is 26.6 Å². The number of carbonyl (C=O) groups is 7. The Hall–Kier alpha value is -8.69. The molecule has 0 saturated carbocycles. The SMILES string of the molecule is COc1cc(C(NC(=O)C(NC(=O)C(C)NC(=O)CNC(=O)C(C)NC(=O)CN(C)C(=O)C(C)N(C)C)C(OC)c2ccc(Oc3cccc(Oc4ccccc4C)c3OC)c(C)c2)C(C)=O)c(-c2cccc(C)c2OC)c(OC)c1C. The van der Waals surface area contributed by atoms with Gasteiger partial charge in [0, 0.05) is 30.8 Å². The highest BCUT2D eigenvalue weighted by atomic mass is 16.5. The molecule has 6 amide bonds. The predicted molar refractivity (Wildman–Crippen MR) is 309 cm³/mol. The number of hydrogen-bond donors (Lipinski definition) is 5. The molecule has 6 atom stereocenters. The molecular weight excluding hydrogens is 1050 g/mol. The zero-order valence-electron chi connectivity index (χ0n) is 49.6. The molecule has 0 spiro atoms. The van der Waals surface area contributed by atoms with Gasteiger partial charge >= 0.3 is 0 Å². The molecular formula is C61H77N7O14. The summed E-state index contributed by atoms with van der Waals surface area (Å²) in [4.78, 5) is 98.3. The molecule has 0 heterocycles. The quantitative estimate of drug-likeness (QED) is 0.0384. The third kappa shape index (κ3) is 15.6. The van der Waals surface area contributed by atoms with Crippen molar-refractivity contribution < 1.29 is 66.7 Å². The number of ketones is 1. The lowest BCUT2D eigenvalue weighted by Gasteiger charge is -2.31. The average Bonchev–Trinajstić information content (AvgIpc) is 3.14. The Kier molecular flexibility index (Phi) is 22.8. The Bertz CT molecular complexity index is 3150. The largest absolute Gasteiger partial charge is 0.496 e. The number of amides is 6. The van der Waals surface area contributed by atoms with Crippen molar-refractivity contribution in [1.29, 1.82) is 0 Å². The van der Waals surface area contributed by atoms with E-state index in [9.17, 15) is 28.8 Å². The van der Waals surface area contributed by atoms with Crippen molar-refractivity contribution in [3.05, 3.63) is 118 Å². The zero-order chi connectivity index (χ0) is 60.7. The summed E-state index contributed by atoms with van der Waals surface area (Å²) in [6, 6.07) is 19.1. The molecule has 21 nitrogen and oxygen atoms in total. The molecule has 5 aromatic rings. The van der Waals surface area contributed by atoms with Gasteiger partial charge in [-0.1, -0.05) is 48.5 Å². The second-order valence-electron chi connectivity index (χ2n) is 20.0. The number of rotatable bonds is 27. The highest BCUT2D eigenvalue weighted by Crippen LogP contribution is 2.48. The van der Waals surface area contributed by atoms with E-state index in [1.54, 1.807) is 82.2 Å². The molecule has 6 unspecified atom stereocenters. The second kappa shape index (κ2) is 29.2. The Balaban J connectivity index is 1.47. The van der Waals surface area contributed by atoms with E-state index in [1.165, 1.54) is 68.3 Å². The van der Waals surface area contributed by atoms with Crippen molar-refractivity contribution >= 4 is 41.2 Å². The van der Waals surface area contributed by atoms with E-state index in [4.69, 9.17) is 33.2 Å². The number of nitrogens with one attached hydrogen (secondary N) is 5. The van der Waals surface area contributed by atoms with Crippen molar-refractivity contribution in [3.8, 4) is 57.1 Å². The van der Waals surface area contributed by atoms with Crippen molar-refractivity contribution in [2.24, 2.45) is 0 Å². The number of para-hydroxylation sites is 3. The molecule has 0 aliphatic carbocycles. The molecule has 440 valence electrons. The molecule has 5 rings (SSSR count). The summed E-state index contributed by atoms with van der Waals surface area (Å²) in [5, 5.41) is 13.1. The van der Waals surface area contributed by atoms with Crippen molar-refractivity contribution in [3.63, 3.8) is 0 Å². The third-order valence-corrected chi connectivity index (χ3v) is 13.8. The number of methoxy groups -OCH3 is 5. The monoisotopic (exact) mass is 1130 g/mol. The molecule has 0 fully saturated rings. The molecule has 0 aromatic heterocycles.